The monoisotopic (exact) mass is 529 g/mol. The van der Waals surface area contributed by atoms with E-state index in [4.69, 9.17) is 10.2 Å². The number of hydrogen-bond acceptors (Lipinski definition) is 6. The van der Waals surface area contributed by atoms with Crippen LogP contribution in [0.1, 0.15) is 17.7 Å². The number of nitrogens with zero attached hydrogens (tertiary/aromatic N) is 2. The highest BCUT2D eigenvalue weighted by atomic mass is 32.2. The maximum Gasteiger partial charge on any atom is 0.417 e. The maximum absolute atomic E-state index is 13.4. The summed E-state index contributed by atoms with van der Waals surface area (Å²) in [7, 11) is -2.34. The van der Waals surface area contributed by atoms with Crippen molar-refractivity contribution in [1.82, 2.24) is 4.98 Å². The van der Waals surface area contributed by atoms with Gasteiger partial charge in [-0.25, -0.2) is 8.42 Å². The molecule has 0 saturated heterocycles. The number of aliphatic hydroxyl groups is 1. The average Bonchev–Trinajstić information content (AvgIpc) is 3.45. The summed E-state index contributed by atoms with van der Waals surface area (Å²) in [5.41, 5.74) is -0.0799. The van der Waals surface area contributed by atoms with E-state index < -0.39 is 32.6 Å². The number of fused-ring (bicyclic) bond motifs is 1. The first-order valence-corrected chi connectivity index (χ1v) is 12.5. The number of para-hydroxylation sites is 1. The Kier molecular flexibility index (Phi) is 7.82. The number of aliphatic carboxylic acids is 1. The number of carbonyl (C=O) groups is 1. The van der Waals surface area contributed by atoms with Crippen molar-refractivity contribution in [2.75, 3.05) is 25.0 Å². The molecule has 1 aliphatic heterocycles. The highest BCUT2D eigenvalue weighted by molar-refractivity contribution is 8.15. The molecule has 8 nitrogen and oxygen atoms in total. The Labute approximate surface area is 203 Å². The number of nitrogens with one attached hydrogen (secondary N) is 1. The van der Waals surface area contributed by atoms with E-state index in [9.17, 15) is 26.4 Å². The Balaban J connectivity index is 0.00000167. The second-order valence-electron chi connectivity index (χ2n) is 7.37. The summed E-state index contributed by atoms with van der Waals surface area (Å²) >= 11 is 1.31. The van der Waals surface area contributed by atoms with Crippen molar-refractivity contribution < 1.29 is 36.6 Å². The van der Waals surface area contributed by atoms with Gasteiger partial charge in [0.1, 0.15) is 5.04 Å². The third kappa shape index (κ3) is 5.46. The van der Waals surface area contributed by atoms with Crippen molar-refractivity contribution >= 4 is 49.4 Å². The highest BCUT2D eigenvalue weighted by Gasteiger charge is 2.38. The van der Waals surface area contributed by atoms with Crippen LogP contribution in [0.5, 0.6) is 0 Å². The zero-order valence-corrected chi connectivity index (χ0v) is 20.2. The van der Waals surface area contributed by atoms with E-state index in [0.717, 1.165) is 29.6 Å². The lowest BCUT2D eigenvalue weighted by Gasteiger charge is -2.22. The van der Waals surface area contributed by atoms with Crippen molar-refractivity contribution in [2.24, 2.45) is 4.99 Å². The summed E-state index contributed by atoms with van der Waals surface area (Å²) in [6, 6.07) is 10.6. The molecule has 13 heteroatoms. The van der Waals surface area contributed by atoms with E-state index in [2.05, 4.69) is 9.98 Å². The molecule has 0 radical (unpaired) electrons. The van der Waals surface area contributed by atoms with Crippen LogP contribution < -0.4 is 4.31 Å². The summed E-state index contributed by atoms with van der Waals surface area (Å²) in [5, 5.41) is 17.0. The first-order chi connectivity index (χ1) is 16.5. The summed E-state index contributed by atoms with van der Waals surface area (Å²) in [5.74, 6) is -0.922. The molecule has 3 aromatic rings. The van der Waals surface area contributed by atoms with Gasteiger partial charge in [0.05, 0.1) is 40.3 Å². The van der Waals surface area contributed by atoms with Crippen molar-refractivity contribution in [1.29, 1.82) is 0 Å². The minimum Gasteiger partial charge on any atom is -0.481 e. The molecule has 0 amide bonds. The van der Waals surface area contributed by atoms with Gasteiger partial charge in [0, 0.05) is 24.8 Å². The summed E-state index contributed by atoms with van der Waals surface area (Å²) in [6.45, 7) is 0.344. The van der Waals surface area contributed by atoms with Crippen molar-refractivity contribution in [3.8, 4) is 0 Å². The largest absolute Gasteiger partial charge is 0.481 e. The van der Waals surface area contributed by atoms with Crippen LogP contribution in [0.3, 0.4) is 0 Å². The standard InChI is InChI=1S/C21H18F3N3O4S2.CH4O/c1-27(33(30,31)17-8-3-2-6-14(17)21(22,23)24)16-7-4-5-12-9-15(26-19(12)16)20-25-11-13(32-20)10-18(28)29;1-2/h2-9,13,26H,10-11H2,1H3,(H,28,29);2H,1H3. The molecule has 3 N–H and O–H groups in total. The van der Waals surface area contributed by atoms with Gasteiger partial charge >= 0.3 is 12.1 Å². The predicted molar refractivity (Wildman–Crippen MR) is 129 cm³/mol. The molecule has 188 valence electrons. The van der Waals surface area contributed by atoms with Crippen molar-refractivity contribution in [2.45, 2.75) is 22.7 Å². The van der Waals surface area contributed by atoms with Crippen LogP contribution in [0.25, 0.3) is 10.9 Å². The lowest BCUT2D eigenvalue weighted by Crippen LogP contribution is -2.29. The van der Waals surface area contributed by atoms with Crippen molar-refractivity contribution in [3.05, 3.63) is 59.8 Å². The molecule has 2 heterocycles. The quantitative estimate of drug-likeness (QED) is 0.444. The number of sulfonamides is 1. The Morgan fingerprint density at radius 3 is 2.54 bits per heavy atom. The number of aromatic nitrogens is 1. The average molecular weight is 530 g/mol. The molecule has 0 spiro atoms. The molecule has 4 rings (SSSR count). The molecule has 1 atom stereocenters. The van der Waals surface area contributed by atoms with Crippen LogP contribution >= 0.6 is 11.8 Å². The van der Waals surface area contributed by atoms with Crippen LogP contribution in [-0.2, 0) is 21.0 Å². The molecule has 2 aromatic carbocycles. The van der Waals surface area contributed by atoms with E-state index >= 15 is 0 Å². The van der Waals surface area contributed by atoms with Gasteiger partial charge in [0.25, 0.3) is 10.0 Å². The van der Waals surface area contributed by atoms with Gasteiger partial charge in [0.15, 0.2) is 0 Å². The van der Waals surface area contributed by atoms with Gasteiger partial charge in [-0.2, -0.15) is 13.2 Å². The number of carboxylic acid groups (broad SMARTS) is 1. The van der Waals surface area contributed by atoms with Crippen LogP contribution in [0.15, 0.2) is 58.4 Å². The number of aliphatic imine (C=N–C) groups is 1. The van der Waals surface area contributed by atoms with Gasteiger partial charge in [0.2, 0.25) is 0 Å². The minimum absolute atomic E-state index is 0.0389. The van der Waals surface area contributed by atoms with Crippen LogP contribution in [-0.4, -0.2) is 60.6 Å². The number of halogens is 3. The van der Waals surface area contributed by atoms with Gasteiger partial charge in [-0.15, -0.1) is 0 Å². The molecule has 0 bridgehead atoms. The number of H-pyrrole nitrogens is 1. The van der Waals surface area contributed by atoms with Crippen LogP contribution in [0.2, 0.25) is 0 Å². The smallest absolute Gasteiger partial charge is 0.417 e. The molecule has 0 fully saturated rings. The number of rotatable bonds is 6. The maximum atomic E-state index is 13.4. The molecule has 0 saturated carbocycles. The van der Waals surface area contributed by atoms with E-state index in [1.807, 2.05) is 0 Å². The normalized spacial score (nSPS) is 15.9. The summed E-state index contributed by atoms with van der Waals surface area (Å²) in [4.78, 5) is 17.6. The second-order valence-corrected chi connectivity index (χ2v) is 10.6. The van der Waals surface area contributed by atoms with Crippen LogP contribution in [0, 0.1) is 0 Å². The van der Waals surface area contributed by atoms with Crippen molar-refractivity contribution in [3.63, 3.8) is 0 Å². The summed E-state index contributed by atoms with van der Waals surface area (Å²) in [6.07, 6.45) is -4.87. The lowest BCUT2D eigenvalue weighted by atomic mass is 10.2. The molecule has 0 aliphatic carbocycles. The molecular weight excluding hydrogens is 507 g/mol. The molecule has 1 aliphatic rings. The van der Waals surface area contributed by atoms with Gasteiger partial charge in [-0.05, 0) is 24.3 Å². The SMILES string of the molecule is CN(c1cccc2cc(C3=NCC(CC(=O)O)S3)[nH]c12)S(=O)(=O)c1ccccc1C(F)(F)F.CO. The molecule has 1 unspecified atom stereocenters. The zero-order chi connectivity index (χ0) is 26.0. The zero-order valence-electron chi connectivity index (χ0n) is 18.6. The number of alkyl halides is 3. The van der Waals surface area contributed by atoms with Gasteiger partial charge in [-0.3, -0.25) is 14.1 Å². The Hall–Kier alpha value is -3.03. The fourth-order valence-electron chi connectivity index (χ4n) is 3.59. The topological polar surface area (TPSA) is 123 Å². The van der Waals surface area contributed by atoms with Gasteiger partial charge < -0.3 is 15.2 Å². The minimum atomic E-state index is -4.83. The van der Waals surface area contributed by atoms with E-state index in [1.54, 1.807) is 18.2 Å². The first-order valence-electron chi connectivity index (χ1n) is 10.1. The number of benzene rings is 2. The van der Waals surface area contributed by atoms with E-state index in [0.29, 0.717) is 28.2 Å². The fraction of sp³-hybridized carbons (Fsp3) is 0.273. The summed E-state index contributed by atoms with van der Waals surface area (Å²) < 4.78 is 67.5. The van der Waals surface area contributed by atoms with Crippen LogP contribution in [0.4, 0.5) is 18.9 Å². The van der Waals surface area contributed by atoms with E-state index in [-0.39, 0.29) is 17.4 Å². The van der Waals surface area contributed by atoms with Gasteiger partial charge in [-0.1, -0.05) is 36.0 Å². The predicted octanol–water partition coefficient (Wildman–Crippen LogP) is 3.96. The number of aliphatic hydroxyl groups excluding tert-OH is 1. The molecular formula is C22H22F3N3O5S2. The fourth-order valence-corrected chi connectivity index (χ4v) is 6.08. The Morgan fingerprint density at radius 2 is 1.89 bits per heavy atom. The third-order valence-electron chi connectivity index (χ3n) is 5.15. The first kappa shape index (κ1) is 26.6. The third-order valence-corrected chi connectivity index (χ3v) is 8.20. The number of thioether (sulfide) groups is 1. The number of hydrogen-bond donors (Lipinski definition) is 3. The molecule has 35 heavy (non-hydrogen) atoms. The Bertz CT molecular complexity index is 1370. The number of carboxylic acids is 1. The second kappa shape index (κ2) is 10.3. The Morgan fingerprint density at radius 1 is 1.20 bits per heavy atom. The number of aromatic amines is 1. The van der Waals surface area contributed by atoms with E-state index in [1.165, 1.54) is 30.9 Å². The highest BCUT2D eigenvalue weighted by Crippen LogP contribution is 2.37. The lowest BCUT2D eigenvalue weighted by molar-refractivity contribution is -0.140. The molecule has 1 aromatic heterocycles. The number of anilines is 1.